The van der Waals surface area contributed by atoms with Gasteiger partial charge in [0.1, 0.15) is 5.82 Å². The number of aliphatic carboxylic acids is 1. The molecule has 1 aliphatic heterocycles. The molecule has 0 spiro atoms. The van der Waals surface area contributed by atoms with Gasteiger partial charge >= 0.3 is 5.97 Å². The summed E-state index contributed by atoms with van der Waals surface area (Å²) in [5, 5.41) is 9.00. The average molecular weight is 301 g/mol. The van der Waals surface area contributed by atoms with Crippen molar-refractivity contribution < 1.29 is 14.3 Å². The molecule has 22 heavy (non-hydrogen) atoms. The Morgan fingerprint density at radius 1 is 1.32 bits per heavy atom. The van der Waals surface area contributed by atoms with E-state index in [-0.39, 0.29) is 17.7 Å². The van der Waals surface area contributed by atoms with E-state index in [1.807, 2.05) is 12.1 Å². The summed E-state index contributed by atoms with van der Waals surface area (Å²) in [5.41, 5.74) is 3.67. The van der Waals surface area contributed by atoms with Crippen LogP contribution in [0.3, 0.4) is 0 Å². The summed E-state index contributed by atoms with van der Waals surface area (Å²) in [6, 6.07) is 8.72. The molecule has 1 aliphatic rings. The number of aromatic nitrogens is 1. The van der Waals surface area contributed by atoms with Crippen LogP contribution in [-0.2, 0) is 24.2 Å². The third-order valence-electron chi connectivity index (χ3n) is 4.28. The molecule has 3 nitrogen and oxygen atoms in total. The van der Waals surface area contributed by atoms with Gasteiger partial charge in [0.25, 0.3) is 0 Å². The number of carbonyl (C=O) groups is 1. The van der Waals surface area contributed by atoms with E-state index in [0.29, 0.717) is 12.0 Å². The summed E-state index contributed by atoms with van der Waals surface area (Å²) in [7, 11) is 0. The summed E-state index contributed by atoms with van der Waals surface area (Å²) in [4.78, 5) is 11.0. The summed E-state index contributed by atoms with van der Waals surface area (Å²) < 4.78 is 16.3. The van der Waals surface area contributed by atoms with Crippen molar-refractivity contribution in [2.75, 3.05) is 0 Å². The first-order chi connectivity index (χ1) is 10.4. The molecule has 0 bridgehead atoms. The van der Waals surface area contributed by atoms with Crippen LogP contribution in [0, 0.1) is 11.2 Å². The fourth-order valence-corrected chi connectivity index (χ4v) is 3.37. The van der Waals surface area contributed by atoms with Crippen LogP contribution in [0.1, 0.15) is 31.7 Å². The first-order valence-electron chi connectivity index (χ1n) is 7.55. The van der Waals surface area contributed by atoms with Crippen LogP contribution in [0.5, 0.6) is 0 Å². The second-order valence-electron chi connectivity index (χ2n) is 6.80. The normalized spacial score (nSPS) is 15.8. The molecule has 3 rings (SSSR count). The fourth-order valence-electron chi connectivity index (χ4n) is 3.37. The lowest BCUT2D eigenvalue weighted by atomic mass is 9.90. The van der Waals surface area contributed by atoms with E-state index in [1.165, 1.54) is 11.8 Å². The average Bonchev–Trinajstić information content (AvgIpc) is 2.89. The van der Waals surface area contributed by atoms with Gasteiger partial charge in [0.15, 0.2) is 0 Å². The SMILES string of the molecule is CC1(C)Cc2cc(-c3ccccc3F)c(CCC(=O)O)n2C1. The van der Waals surface area contributed by atoms with Gasteiger partial charge in [0, 0.05) is 29.1 Å². The Balaban J connectivity index is 2.08. The summed E-state index contributed by atoms with van der Waals surface area (Å²) >= 11 is 0. The third-order valence-corrected chi connectivity index (χ3v) is 4.28. The van der Waals surface area contributed by atoms with E-state index in [2.05, 4.69) is 18.4 Å². The van der Waals surface area contributed by atoms with Crippen molar-refractivity contribution >= 4 is 5.97 Å². The molecule has 1 aromatic carbocycles. The predicted molar refractivity (Wildman–Crippen MR) is 83.3 cm³/mol. The van der Waals surface area contributed by atoms with Crippen LogP contribution in [0.15, 0.2) is 30.3 Å². The zero-order chi connectivity index (χ0) is 15.9. The van der Waals surface area contributed by atoms with Gasteiger partial charge in [-0.3, -0.25) is 4.79 Å². The minimum absolute atomic E-state index is 0.0608. The number of rotatable bonds is 4. The summed E-state index contributed by atoms with van der Waals surface area (Å²) in [6.07, 6.45) is 1.42. The number of benzene rings is 1. The van der Waals surface area contributed by atoms with Crippen LogP contribution < -0.4 is 0 Å². The van der Waals surface area contributed by atoms with E-state index in [9.17, 15) is 9.18 Å². The van der Waals surface area contributed by atoms with Crippen molar-refractivity contribution in [1.82, 2.24) is 4.57 Å². The molecule has 0 saturated carbocycles. The molecule has 0 amide bonds. The lowest BCUT2D eigenvalue weighted by Gasteiger charge is -2.17. The molecule has 1 N–H and O–H groups in total. The number of carboxylic acids is 1. The monoisotopic (exact) mass is 301 g/mol. The maximum atomic E-state index is 14.1. The highest BCUT2D eigenvalue weighted by atomic mass is 19.1. The van der Waals surface area contributed by atoms with E-state index >= 15 is 0 Å². The van der Waals surface area contributed by atoms with Crippen LogP contribution in [0.25, 0.3) is 11.1 Å². The molecule has 2 heterocycles. The van der Waals surface area contributed by atoms with Gasteiger partial charge in [-0.05, 0) is 30.4 Å². The zero-order valence-corrected chi connectivity index (χ0v) is 12.9. The first kappa shape index (κ1) is 14.8. The van der Waals surface area contributed by atoms with Crippen molar-refractivity contribution in [3.63, 3.8) is 0 Å². The van der Waals surface area contributed by atoms with Gasteiger partial charge in [-0.25, -0.2) is 4.39 Å². The minimum atomic E-state index is -0.827. The molecular formula is C18H20FNO2. The van der Waals surface area contributed by atoms with Gasteiger partial charge in [-0.15, -0.1) is 0 Å². The Hall–Kier alpha value is -2.10. The van der Waals surface area contributed by atoms with E-state index in [4.69, 9.17) is 5.11 Å². The maximum absolute atomic E-state index is 14.1. The van der Waals surface area contributed by atoms with Gasteiger partial charge < -0.3 is 9.67 Å². The van der Waals surface area contributed by atoms with Crippen LogP contribution in [-0.4, -0.2) is 15.6 Å². The predicted octanol–water partition coefficient (Wildman–Crippen LogP) is 3.89. The van der Waals surface area contributed by atoms with Crippen molar-refractivity contribution in [2.24, 2.45) is 5.41 Å². The van der Waals surface area contributed by atoms with Gasteiger partial charge in [-0.2, -0.15) is 0 Å². The fraction of sp³-hybridized carbons (Fsp3) is 0.389. The Labute approximate surface area is 129 Å². The molecule has 2 aromatic rings. The van der Waals surface area contributed by atoms with Crippen molar-refractivity contribution in [1.29, 1.82) is 0 Å². The standard InChI is InChI=1S/C18H20FNO2/c1-18(2)10-12-9-14(13-5-3-4-6-15(13)19)16(20(12)11-18)7-8-17(21)22/h3-6,9H,7-8,10-11H2,1-2H3,(H,21,22). The Morgan fingerprint density at radius 3 is 2.73 bits per heavy atom. The van der Waals surface area contributed by atoms with Crippen molar-refractivity contribution in [2.45, 2.75) is 39.7 Å². The number of fused-ring (bicyclic) bond motifs is 1. The van der Waals surface area contributed by atoms with Crippen LogP contribution in [0.4, 0.5) is 4.39 Å². The molecular weight excluding hydrogens is 281 g/mol. The van der Waals surface area contributed by atoms with E-state index in [0.717, 1.165) is 24.2 Å². The van der Waals surface area contributed by atoms with Crippen LogP contribution in [0.2, 0.25) is 0 Å². The second kappa shape index (κ2) is 5.27. The largest absolute Gasteiger partial charge is 0.481 e. The quantitative estimate of drug-likeness (QED) is 0.930. The van der Waals surface area contributed by atoms with Gasteiger partial charge in [0.2, 0.25) is 0 Å². The lowest BCUT2D eigenvalue weighted by molar-refractivity contribution is -0.136. The number of hydrogen-bond donors (Lipinski definition) is 1. The van der Waals surface area contributed by atoms with Gasteiger partial charge in [-0.1, -0.05) is 32.0 Å². The number of nitrogens with zero attached hydrogens (tertiary/aromatic N) is 1. The molecule has 0 unspecified atom stereocenters. The van der Waals surface area contributed by atoms with E-state index < -0.39 is 5.97 Å². The minimum Gasteiger partial charge on any atom is -0.481 e. The summed E-state index contributed by atoms with van der Waals surface area (Å²) in [6.45, 7) is 5.25. The molecule has 0 saturated heterocycles. The van der Waals surface area contributed by atoms with Crippen LogP contribution >= 0.6 is 0 Å². The summed E-state index contributed by atoms with van der Waals surface area (Å²) in [5.74, 6) is -1.09. The Bertz CT molecular complexity index is 731. The molecule has 1 aromatic heterocycles. The first-order valence-corrected chi connectivity index (χ1v) is 7.55. The highest BCUT2D eigenvalue weighted by Crippen LogP contribution is 2.39. The maximum Gasteiger partial charge on any atom is 0.303 e. The number of carboxylic acid groups (broad SMARTS) is 1. The highest BCUT2D eigenvalue weighted by molar-refractivity contribution is 5.71. The number of halogens is 1. The molecule has 0 aliphatic carbocycles. The van der Waals surface area contributed by atoms with Crippen molar-refractivity contribution in [3.8, 4) is 11.1 Å². The Morgan fingerprint density at radius 2 is 2.05 bits per heavy atom. The molecule has 0 fully saturated rings. The third kappa shape index (κ3) is 2.65. The molecule has 116 valence electrons. The molecule has 4 heteroatoms. The Kier molecular flexibility index (Phi) is 3.55. The molecule has 0 atom stereocenters. The highest BCUT2D eigenvalue weighted by Gasteiger charge is 2.32. The van der Waals surface area contributed by atoms with E-state index in [1.54, 1.807) is 12.1 Å². The zero-order valence-electron chi connectivity index (χ0n) is 12.9. The molecule has 0 radical (unpaired) electrons. The lowest BCUT2D eigenvalue weighted by Crippen LogP contribution is -2.14. The van der Waals surface area contributed by atoms with Gasteiger partial charge in [0.05, 0.1) is 6.42 Å². The number of hydrogen-bond acceptors (Lipinski definition) is 1. The smallest absolute Gasteiger partial charge is 0.303 e. The topological polar surface area (TPSA) is 42.2 Å². The van der Waals surface area contributed by atoms with Crippen molar-refractivity contribution in [3.05, 3.63) is 47.5 Å². The second-order valence-corrected chi connectivity index (χ2v) is 6.80.